The highest BCUT2D eigenvalue weighted by Gasteiger charge is 2.15. The van der Waals surface area contributed by atoms with E-state index in [4.69, 9.17) is 9.47 Å². The Balaban J connectivity index is 1.76. The number of carbonyl (C=O) groups is 1. The van der Waals surface area contributed by atoms with Crippen LogP contribution in [0.5, 0.6) is 5.75 Å². The van der Waals surface area contributed by atoms with Crippen LogP contribution in [-0.4, -0.2) is 45.1 Å². The molecule has 0 bridgehead atoms. The van der Waals surface area contributed by atoms with E-state index < -0.39 is 0 Å². The Kier molecular flexibility index (Phi) is 4.78. The summed E-state index contributed by atoms with van der Waals surface area (Å²) in [6, 6.07) is 12.6. The first-order valence-corrected chi connectivity index (χ1v) is 8.87. The van der Waals surface area contributed by atoms with Gasteiger partial charge in [-0.2, -0.15) is 5.21 Å². The monoisotopic (exact) mass is 391 g/mol. The summed E-state index contributed by atoms with van der Waals surface area (Å²) in [5, 5.41) is 10.1. The molecule has 2 heterocycles. The van der Waals surface area contributed by atoms with Crippen molar-refractivity contribution in [2.24, 2.45) is 0 Å². The van der Waals surface area contributed by atoms with Crippen molar-refractivity contribution >= 4 is 17.1 Å². The van der Waals surface area contributed by atoms with E-state index in [0.29, 0.717) is 29.3 Å². The zero-order valence-electron chi connectivity index (χ0n) is 15.7. The number of benzene rings is 2. The van der Waals surface area contributed by atoms with Crippen LogP contribution in [0.25, 0.3) is 33.7 Å². The summed E-state index contributed by atoms with van der Waals surface area (Å²) in [6.45, 7) is 2.31. The third-order valence-electron chi connectivity index (χ3n) is 4.37. The molecule has 146 valence electrons. The van der Waals surface area contributed by atoms with E-state index in [1.54, 1.807) is 12.1 Å². The second-order valence-corrected chi connectivity index (χ2v) is 6.12. The van der Waals surface area contributed by atoms with Crippen LogP contribution in [0.1, 0.15) is 17.3 Å². The largest absolute Gasteiger partial charge is 0.493 e. The molecule has 2 aromatic carbocycles. The molecule has 0 aliphatic heterocycles. The molecule has 4 rings (SSSR count). The van der Waals surface area contributed by atoms with Crippen LogP contribution in [0.15, 0.2) is 47.3 Å². The normalized spacial score (nSPS) is 10.8. The Hall–Kier alpha value is -4.01. The number of H-pyrrole nitrogens is 2. The number of esters is 1. The molecule has 0 atom stereocenters. The van der Waals surface area contributed by atoms with E-state index in [9.17, 15) is 9.59 Å². The lowest BCUT2D eigenvalue weighted by Gasteiger charge is -2.12. The van der Waals surface area contributed by atoms with E-state index >= 15 is 0 Å². The maximum atomic E-state index is 12.2. The maximum Gasteiger partial charge on any atom is 0.337 e. The van der Waals surface area contributed by atoms with Crippen molar-refractivity contribution in [3.63, 3.8) is 0 Å². The molecule has 0 amide bonds. The smallest absolute Gasteiger partial charge is 0.337 e. The number of nitrogens with zero attached hydrogens (tertiary/aromatic N) is 3. The van der Waals surface area contributed by atoms with Gasteiger partial charge in [-0.25, -0.2) is 9.78 Å². The second-order valence-electron chi connectivity index (χ2n) is 6.12. The van der Waals surface area contributed by atoms with Crippen molar-refractivity contribution in [1.82, 2.24) is 25.4 Å². The quantitative estimate of drug-likeness (QED) is 0.501. The number of ether oxygens (including phenoxy) is 2. The first-order valence-electron chi connectivity index (χ1n) is 8.87. The molecule has 9 heteroatoms. The van der Waals surface area contributed by atoms with E-state index in [1.165, 1.54) is 7.11 Å². The van der Waals surface area contributed by atoms with Gasteiger partial charge in [0.25, 0.3) is 5.56 Å². The van der Waals surface area contributed by atoms with Gasteiger partial charge in [0.15, 0.2) is 5.52 Å². The van der Waals surface area contributed by atoms with Crippen LogP contribution in [0, 0.1) is 0 Å². The van der Waals surface area contributed by atoms with Gasteiger partial charge in [0.05, 0.1) is 24.8 Å². The zero-order valence-corrected chi connectivity index (χ0v) is 15.7. The second kappa shape index (κ2) is 7.55. The van der Waals surface area contributed by atoms with Crippen LogP contribution < -0.4 is 10.3 Å². The number of hydrogen-bond donors (Lipinski definition) is 2. The van der Waals surface area contributed by atoms with E-state index in [2.05, 4.69) is 25.4 Å². The zero-order chi connectivity index (χ0) is 20.4. The minimum atomic E-state index is -0.389. The minimum Gasteiger partial charge on any atom is -0.493 e. The number of nitrogens with one attached hydrogen (secondary N) is 2. The first-order chi connectivity index (χ1) is 14.1. The van der Waals surface area contributed by atoms with Crippen molar-refractivity contribution in [3.05, 3.63) is 58.4 Å². The van der Waals surface area contributed by atoms with E-state index in [1.807, 2.05) is 37.3 Å². The molecular formula is C20H17N5O4. The van der Waals surface area contributed by atoms with Crippen LogP contribution in [0.3, 0.4) is 0 Å². The van der Waals surface area contributed by atoms with Gasteiger partial charge >= 0.3 is 5.97 Å². The van der Waals surface area contributed by atoms with Gasteiger partial charge in [-0.05, 0) is 42.3 Å². The molecule has 29 heavy (non-hydrogen) atoms. The van der Waals surface area contributed by atoms with Gasteiger partial charge in [0.1, 0.15) is 11.6 Å². The van der Waals surface area contributed by atoms with Crippen LogP contribution in [-0.2, 0) is 4.74 Å². The Morgan fingerprint density at radius 1 is 1.07 bits per heavy atom. The van der Waals surface area contributed by atoms with Gasteiger partial charge < -0.3 is 14.5 Å². The fourth-order valence-electron chi connectivity index (χ4n) is 2.97. The predicted molar refractivity (Wildman–Crippen MR) is 106 cm³/mol. The molecule has 4 aromatic rings. The molecular weight excluding hydrogens is 374 g/mol. The first kappa shape index (κ1) is 18.4. The van der Waals surface area contributed by atoms with Gasteiger partial charge in [-0.3, -0.25) is 4.79 Å². The lowest BCUT2D eigenvalue weighted by molar-refractivity contribution is 0.0600. The third kappa shape index (κ3) is 3.45. The standard InChI is InChI=1S/C20H17N5O4/c1-3-29-15-10-13(11-4-6-12(7-5-11)20(27)28-2)8-9-14(15)17-21-18-16(19(26)22-17)23-25-24-18/h4-10H,3H2,1-2H3,(H2,21,22,23,24,25,26). The molecule has 2 aromatic heterocycles. The molecule has 0 fully saturated rings. The molecule has 2 N–H and O–H groups in total. The van der Waals surface area contributed by atoms with E-state index in [-0.39, 0.29) is 22.7 Å². The van der Waals surface area contributed by atoms with Crippen molar-refractivity contribution < 1.29 is 14.3 Å². The summed E-state index contributed by atoms with van der Waals surface area (Å²) < 4.78 is 10.5. The number of rotatable bonds is 5. The van der Waals surface area contributed by atoms with Crippen LogP contribution >= 0.6 is 0 Å². The summed E-state index contributed by atoms with van der Waals surface area (Å²) in [5.41, 5.74) is 2.88. The number of hydrogen-bond acceptors (Lipinski definition) is 7. The van der Waals surface area contributed by atoms with Gasteiger partial charge in [-0.15, -0.1) is 10.2 Å². The van der Waals surface area contributed by atoms with Crippen molar-refractivity contribution in [2.45, 2.75) is 6.92 Å². The summed E-state index contributed by atoms with van der Waals surface area (Å²) >= 11 is 0. The lowest BCUT2D eigenvalue weighted by Crippen LogP contribution is -2.10. The number of aromatic amines is 2. The average Bonchev–Trinajstić information content (AvgIpc) is 3.23. The summed E-state index contributed by atoms with van der Waals surface area (Å²) in [5.74, 6) is 0.514. The SMILES string of the molecule is CCOc1cc(-c2ccc(C(=O)OC)cc2)ccc1-c1nc2n[nH]nc2c(=O)[nH]1. The highest BCUT2D eigenvalue weighted by atomic mass is 16.5. The summed E-state index contributed by atoms with van der Waals surface area (Å²) in [6.07, 6.45) is 0. The Morgan fingerprint density at radius 3 is 2.55 bits per heavy atom. The average molecular weight is 391 g/mol. The molecule has 0 aliphatic carbocycles. The molecule has 0 saturated heterocycles. The Labute approximate surface area is 164 Å². The molecule has 0 aliphatic rings. The van der Waals surface area contributed by atoms with Gasteiger partial charge in [0.2, 0.25) is 5.65 Å². The molecule has 9 nitrogen and oxygen atoms in total. The number of fused-ring (bicyclic) bond motifs is 1. The lowest BCUT2D eigenvalue weighted by atomic mass is 10.0. The molecule has 0 radical (unpaired) electrons. The van der Waals surface area contributed by atoms with Gasteiger partial charge in [-0.1, -0.05) is 18.2 Å². The van der Waals surface area contributed by atoms with Crippen molar-refractivity contribution in [2.75, 3.05) is 13.7 Å². The molecule has 0 spiro atoms. The molecule has 0 saturated carbocycles. The van der Waals surface area contributed by atoms with Crippen molar-refractivity contribution in [1.29, 1.82) is 0 Å². The fourth-order valence-corrected chi connectivity index (χ4v) is 2.97. The van der Waals surface area contributed by atoms with Crippen molar-refractivity contribution in [3.8, 4) is 28.3 Å². The number of carbonyl (C=O) groups excluding carboxylic acids is 1. The predicted octanol–water partition coefficient (Wildman–Crippen LogP) is 2.56. The minimum absolute atomic E-state index is 0.147. The topological polar surface area (TPSA) is 123 Å². The highest BCUT2D eigenvalue weighted by Crippen LogP contribution is 2.33. The van der Waals surface area contributed by atoms with Gasteiger partial charge in [0, 0.05) is 0 Å². The maximum absolute atomic E-state index is 12.2. The fraction of sp³-hybridized carbons (Fsp3) is 0.150. The number of methoxy groups -OCH3 is 1. The van der Waals surface area contributed by atoms with Crippen LogP contribution in [0.2, 0.25) is 0 Å². The number of aromatic nitrogens is 5. The summed E-state index contributed by atoms with van der Waals surface area (Å²) in [7, 11) is 1.35. The Morgan fingerprint density at radius 2 is 1.83 bits per heavy atom. The summed E-state index contributed by atoms with van der Waals surface area (Å²) in [4.78, 5) is 30.9. The van der Waals surface area contributed by atoms with Crippen LogP contribution in [0.4, 0.5) is 0 Å². The van der Waals surface area contributed by atoms with E-state index in [0.717, 1.165) is 11.1 Å². The Bertz CT molecular complexity index is 1240. The highest BCUT2D eigenvalue weighted by molar-refractivity contribution is 5.90. The molecule has 0 unspecified atom stereocenters. The third-order valence-corrected chi connectivity index (χ3v) is 4.37.